The Balaban J connectivity index is 1.30. The van der Waals surface area contributed by atoms with E-state index in [1.54, 1.807) is 17.4 Å². The molecule has 3 aromatic heterocycles. The molecule has 1 atom stereocenters. The van der Waals surface area contributed by atoms with E-state index in [2.05, 4.69) is 41.8 Å². The minimum Gasteiger partial charge on any atom is -0.378 e. The number of imidazole rings is 1. The van der Waals surface area contributed by atoms with Crippen molar-refractivity contribution in [2.24, 2.45) is 0 Å². The summed E-state index contributed by atoms with van der Waals surface area (Å²) in [6, 6.07) is 9.75. The van der Waals surface area contributed by atoms with E-state index in [0.717, 1.165) is 32.8 Å². The molecule has 6 rings (SSSR count). The van der Waals surface area contributed by atoms with E-state index in [1.165, 1.54) is 0 Å². The van der Waals surface area contributed by atoms with Crippen molar-refractivity contribution in [3.8, 4) is 17.1 Å². The normalized spacial score (nSPS) is 18.2. The number of fused-ring (bicyclic) bond motifs is 1. The van der Waals surface area contributed by atoms with Crippen molar-refractivity contribution in [3.63, 3.8) is 0 Å². The quantitative estimate of drug-likeness (QED) is 0.307. The molecule has 1 unspecified atom stereocenters. The van der Waals surface area contributed by atoms with Crippen LogP contribution in [0.3, 0.4) is 0 Å². The fourth-order valence-electron chi connectivity index (χ4n) is 5.81. The highest BCUT2D eigenvalue weighted by molar-refractivity contribution is 9.10. The van der Waals surface area contributed by atoms with E-state index >= 15 is 0 Å². The lowest BCUT2D eigenvalue weighted by Crippen LogP contribution is -2.40. The minimum absolute atomic E-state index is 0.00878. The van der Waals surface area contributed by atoms with Gasteiger partial charge in [0.05, 0.1) is 29.1 Å². The highest BCUT2D eigenvalue weighted by Gasteiger charge is 2.31. The molecule has 5 heterocycles. The number of nitrogens with zero attached hydrogens (tertiary/aromatic N) is 5. The standard InChI is InChI=1S/C29H34BrN7O4S/c1-4-42(39,40)36-9-8-21(17-36)32-25-24(30)16-31-28-26(25)33-27(34-28)23-14-18(2)37(19(23)3)22-7-5-6-20(15-22)29(38)35-10-12-41-13-11-35/h5-7,14-16,21H,4,8-13,17H2,1-3H3,(H2,31,32,33,34). The number of rotatable bonds is 7. The van der Waals surface area contributed by atoms with E-state index < -0.39 is 10.0 Å². The number of ether oxygens (including phenoxy) is 1. The number of amides is 1. The average molecular weight is 657 g/mol. The summed E-state index contributed by atoms with van der Waals surface area (Å²) < 4.78 is 34.6. The molecule has 13 heteroatoms. The van der Waals surface area contributed by atoms with E-state index in [9.17, 15) is 13.2 Å². The molecule has 0 spiro atoms. The van der Waals surface area contributed by atoms with Crippen LogP contribution in [0, 0.1) is 13.8 Å². The molecule has 1 aromatic carbocycles. The monoisotopic (exact) mass is 655 g/mol. The Labute approximate surface area is 253 Å². The van der Waals surface area contributed by atoms with Crippen LogP contribution < -0.4 is 5.32 Å². The fraction of sp³-hybridized carbons (Fsp3) is 0.414. The van der Waals surface area contributed by atoms with Crippen LogP contribution in [0.5, 0.6) is 0 Å². The molecular formula is C29H34BrN7O4S. The number of anilines is 1. The second-order valence-corrected chi connectivity index (χ2v) is 13.8. The first kappa shape index (κ1) is 28.8. The van der Waals surface area contributed by atoms with Gasteiger partial charge in [0, 0.05) is 66.6 Å². The average Bonchev–Trinajstić information content (AvgIpc) is 3.72. The number of sulfonamides is 1. The largest absolute Gasteiger partial charge is 0.378 e. The number of aryl methyl sites for hydroxylation is 1. The summed E-state index contributed by atoms with van der Waals surface area (Å²) in [5.74, 6) is 0.785. The molecule has 2 aliphatic heterocycles. The number of morpholine rings is 1. The summed E-state index contributed by atoms with van der Waals surface area (Å²) in [5.41, 5.74) is 6.57. The second kappa shape index (κ2) is 11.4. The first-order chi connectivity index (χ1) is 20.2. The van der Waals surface area contributed by atoms with E-state index in [4.69, 9.17) is 9.72 Å². The van der Waals surface area contributed by atoms with Crippen molar-refractivity contribution in [1.82, 2.24) is 28.7 Å². The lowest BCUT2D eigenvalue weighted by atomic mass is 10.1. The van der Waals surface area contributed by atoms with Crippen molar-refractivity contribution < 1.29 is 17.9 Å². The Kier molecular flexibility index (Phi) is 7.85. The highest BCUT2D eigenvalue weighted by Crippen LogP contribution is 2.34. The molecule has 11 nitrogen and oxygen atoms in total. The number of aromatic amines is 1. The minimum atomic E-state index is -3.23. The number of halogens is 1. The molecule has 4 aromatic rings. The van der Waals surface area contributed by atoms with Crippen LogP contribution in [0.2, 0.25) is 0 Å². The molecule has 0 bridgehead atoms. The fourth-order valence-corrected chi connectivity index (χ4v) is 7.37. The summed E-state index contributed by atoms with van der Waals surface area (Å²) >= 11 is 3.61. The summed E-state index contributed by atoms with van der Waals surface area (Å²) in [6.45, 7) is 8.97. The zero-order valence-corrected chi connectivity index (χ0v) is 26.3. The Morgan fingerprint density at radius 3 is 2.74 bits per heavy atom. The second-order valence-electron chi connectivity index (χ2n) is 10.7. The number of benzene rings is 1. The lowest BCUT2D eigenvalue weighted by Gasteiger charge is -2.27. The van der Waals surface area contributed by atoms with Crippen molar-refractivity contribution in [2.75, 3.05) is 50.5 Å². The van der Waals surface area contributed by atoms with Gasteiger partial charge in [-0.25, -0.2) is 18.4 Å². The van der Waals surface area contributed by atoms with E-state index in [1.807, 2.05) is 43.0 Å². The number of nitrogens with one attached hydrogen (secondary N) is 2. The van der Waals surface area contributed by atoms with Crippen molar-refractivity contribution in [3.05, 3.63) is 58.0 Å². The molecule has 222 valence electrons. The van der Waals surface area contributed by atoms with Crippen molar-refractivity contribution in [2.45, 2.75) is 33.2 Å². The van der Waals surface area contributed by atoms with Crippen molar-refractivity contribution in [1.29, 1.82) is 0 Å². The molecule has 2 aliphatic rings. The first-order valence-corrected chi connectivity index (χ1v) is 16.5. The van der Waals surface area contributed by atoms with Gasteiger partial charge in [0.1, 0.15) is 11.3 Å². The first-order valence-electron chi connectivity index (χ1n) is 14.1. The Morgan fingerprint density at radius 1 is 1.19 bits per heavy atom. The van der Waals surface area contributed by atoms with Gasteiger partial charge >= 0.3 is 0 Å². The summed E-state index contributed by atoms with van der Waals surface area (Å²) in [7, 11) is -3.23. The highest BCUT2D eigenvalue weighted by atomic mass is 79.9. The molecule has 1 amide bonds. The molecule has 42 heavy (non-hydrogen) atoms. The lowest BCUT2D eigenvalue weighted by molar-refractivity contribution is 0.0303. The van der Waals surface area contributed by atoms with E-state index in [0.29, 0.717) is 68.4 Å². The predicted octanol–water partition coefficient (Wildman–Crippen LogP) is 4.10. The smallest absolute Gasteiger partial charge is 0.254 e. The number of pyridine rings is 1. The van der Waals surface area contributed by atoms with Crippen LogP contribution in [-0.2, 0) is 14.8 Å². The Bertz CT molecular complexity index is 1760. The molecular weight excluding hydrogens is 622 g/mol. The molecule has 2 N–H and O–H groups in total. The van der Waals surface area contributed by atoms with Gasteiger partial charge in [-0.1, -0.05) is 6.07 Å². The number of carbonyl (C=O) groups excluding carboxylic acids is 1. The number of H-pyrrole nitrogens is 1. The van der Waals surface area contributed by atoms with Crippen molar-refractivity contribution >= 4 is 48.7 Å². The van der Waals surface area contributed by atoms with E-state index in [-0.39, 0.29) is 17.7 Å². The summed E-state index contributed by atoms with van der Waals surface area (Å²) in [5, 5.41) is 3.52. The zero-order valence-electron chi connectivity index (χ0n) is 23.9. The third-order valence-electron chi connectivity index (χ3n) is 8.06. The van der Waals surface area contributed by atoms with Gasteiger partial charge in [0.15, 0.2) is 5.65 Å². The van der Waals surface area contributed by atoms with Crippen LogP contribution in [0.1, 0.15) is 35.1 Å². The third kappa shape index (κ3) is 5.34. The van der Waals surface area contributed by atoms with Gasteiger partial charge in [0.2, 0.25) is 10.0 Å². The number of hydrogen-bond acceptors (Lipinski definition) is 7. The van der Waals surface area contributed by atoms with Gasteiger partial charge in [-0.3, -0.25) is 4.79 Å². The van der Waals surface area contributed by atoms with Crippen LogP contribution in [-0.4, -0.2) is 94.2 Å². The summed E-state index contributed by atoms with van der Waals surface area (Å²) in [4.78, 5) is 27.9. The topological polar surface area (TPSA) is 125 Å². The molecule has 0 saturated carbocycles. The van der Waals surface area contributed by atoms with Crippen LogP contribution in [0.4, 0.5) is 5.69 Å². The SMILES string of the molecule is CCS(=O)(=O)N1CCC(Nc2c(Br)cnc3[nH]c(-c4cc(C)n(-c5cccc(C(=O)N6CCOCC6)c5)c4C)nc23)C1. The molecule has 0 aliphatic carbocycles. The van der Waals surface area contributed by atoms with Gasteiger partial charge < -0.3 is 24.5 Å². The molecule has 2 fully saturated rings. The van der Waals surface area contributed by atoms with Crippen LogP contribution in [0.25, 0.3) is 28.2 Å². The zero-order chi connectivity index (χ0) is 29.6. The predicted molar refractivity (Wildman–Crippen MR) is 166 cm³/mol. The maximum Gasteiger partial charge on any atom is 0.254 e. The number of aromatic nitrogens is 4. The third-order valence-corrected chi connectivity index (χ3v) is 10.5. The number of carbonyl (C=O) groups is 1. The van der Waals surface area contributed by atoms with Gasteiger partial charge in [-0.05, 0) is 67.4 Å². The molecule has 0 radical (unpaired) electrons. The number of hydrogen-bond donors (Lipinski definition) is 2. The maximum absolute atomic E-state index is 13.1. The molecule has 2 saturated heterocycles. The van der Waals surface area contributed by atoms with Gasteiger partial charge in [0.25, 0.3) is 5.91 Å². The van der Waals surface area contributed by atoms with Crippen LogP contribution in [0.15, 0.2) is 41.0 Å². The van der Waals surface area contributed by atoms with Gasteiger partial charge in [-0.2, -0.15) is 4.31 Å². The van der Waals surface area contributed by atoms with Gasteiger partial charge in [-0.15, -0.1) is 0 Å². The summed E-state index contributed by atoms with van der Waals surface area (Å²) in [6.07, 6.45) is 2.43. The Morgan fingerprint density at radius 2 is 1.98 bits per heavy atom. The van der Waals surface area contributed by atoms with Crippen LogP contribution >= 0.6 is 15.9 Å². The maximum atomic E-state index is 13.1. The Hall–Kier alpha value is -3.26.